The molecule has 5 heteroatoms. The number of nitrogens with two attached hydrogens (primary N) is 1. The molecular weight excluding hydrogens is 204 g/mol. The molecule has 0 saturated carbocycles. The number of carbonyl (C=O) groups is 1. The third kappa shape index (κ3) is 3.38. The first-order valence-electron chi connectivity index (χ1n) is 3.80. The molecule has 0 fully saturated rings. The molecule has 0 amide bonds. The zero-order valence-corrected chi connectivity index (χ0v) is 9.39. The van der Waals surface area contributed by atoms with Gasteiger partial charge < -0.3 is 0 Å². The summed E-state index contributed by atoms with van der Waals surface area (Å²) in [5.41, 5.74) is 0.866. The van der Waals surface area contributed by atoms with Gasteiger partial charge in [-0.2, -0.15) is 8.38 Å². The highest BCUT2D eigenvalue weighted by Crippen LogP contribution is 2.66. The zero-order valence-electron chi connectivity index (χ0n) is 7.68. The van der Waals surface area contributed by atoms with Crippen molar-refractivity contribution < 1.29 is 4.79 Å². The van der Waals surface area contributed by atoms with Gasteiger partial charge in [-0.15, -0.1) is 0 Å². The van der Waals surface area contributed by atoms with Gasteiger partial charge >= 0.3 is 0 Å². The highest BCUT2D eigenvalue weighted by atomic mass is 33.2. The van der Waals surface area contributed by atoms with Gasteiger partial charge in [0.15, 0.2) is 5.62 Å². The van der Waals surface area contributed by atoms with Crippen LogP contribution in [0, 0.1) is 0 Å². The van der Waals surface area contributed by atoms with E-state index in [1.54, 1.807) is 18.7 Å². The lowest BCUT2D eigenvalue weighted by atomic mass is 10.5. The summed E-state index contributed by atoms with van der Waals surface area (Å²) in [6, 6.07) is 5.57. The minimum atomic E-state index is -2.71. The van der Waals surface area contributed by atoms with E-state index in [2.05, 4.69) is 4.98 Å². The predicted molar refractivity (Wildman–Crippen MR) is 61.9 cm³/mol. The number of rotatable bonds is 3. The summed E-state index contributed by atoms with van der Waals surface area (Å²) in [7, 11) is -1.33. The Balaban J connectivity index is 2.87. The van der Waals surface area contributed by atoms with Crippen LogP contribution in [-0.2, 0) is 4.79 Å². The third-order valence-electron chi connectivity index (χ3n) is 1.33. The number of nitrogens with zero attached hydrogens (tertiary/aromatic N) is 1. The van der Waals surface area contributed by atoms with Crippen LogP contribution in [0.4, 0.5) is 0 Å². The fourth-order valence-corrected chi connectivity index (χ4v) is 3.82. The van der Waals surface area contributed by atoms with E-state index in [0.717, 1.165) is 10.6 Å². The summed E-state index contributed by atoms with van der Waals surface area (Å²) in [6.07, 6.45) is 5.30. The van der Waals surface area contributed by atoms with E-state index in [0.29, 0.717) is 0 Å². The van der Waals surface area contributed by atoms with Crippen molar-refractivity contribution in [1.29, 1.82) is 0 Å². The van der Waals surface area contributed by atoms with Crippen LogP contribution in [0.25, 0.3) is 0 Å². The summed E-state index contributed by atoms with van der Waals surface area (Å²) < 4.78 is 0. The average molecular weight is 218 g/mol. The maximum absolute atomic E-state index is 10.8. The molecule has 0 saturated heterocycles. The average Bonchev–Trinajstić information content (AvgIpc) is 2.05. The quantitative estimate of drug-likeness (QED) is 0.458. The van der Waals surface area contributed by atoms with Gasteiger partial charge in [-0.3, -0.25) is 9.93 Å². The smallest absolute Gasteiger partial charge is 0.162 e. The maximum atomic E-state index is 10.8. The summed E-state index contributed by atoms with van der Waals surface area (Å²) >= 11 is 0. The van der Waals surface area contributed by atoms with Crippen LogP contribution in [0.3, 0.4) is 0 Å². The topological polar surface area (TPSA) is 56.0 Å². The maximum Gasteiger partial charge on any atom is 0.162 e. The summed E-state index contributed by atoms with van der Waals surface area (Å²) in [6.45, 7) is 0. The van der Waals surface area contributed by atoms with Crippen LogP contribution in [0.5, 0.6) is 0 Å². The van der Waals surface area contributed by atoms with Gasteiger partial charge in [0.2, 0.25) is 0 Å². The number of thiol groups is 1. The Bertz CT molecular complexity index is 305. The fourth-order valence-electron chi connectivity index (χ4n) is 0.718. The van der Waals surface area contributed by atoms with E-state index in [1.807, 2.05) is 18.2 Å². The Morgan fingerprint density at radius 3 is 2.69 bits per heavy atom. The standard InChI is InChI=1S/C8H14N2OS2/c1-13(2,9,7-11)12-8-5-3-4-6-10-8/h3-7,13H,9H2,1-2H3. The summed E-state index contributed by atoms with van der Waals surface area (Å²) in [4.78, 5) is 15.0. The highest BCUT2D eigenvalue weighted by molar-refractivity contribution is 9.07. The van der Waals surface area contributed by atoms with Gasteiger partial charge in [-0.25, -0.2) is 4.98 Å². The lowest BCUT2D eigenvalue weighted by molar-refractivity contribution is 0.569. The Labute approximate surface area is 81.9 Å². The Morgan fingerprint density at radius 2 is 2.23 bits per heavy atom. The molecular formula is C8H14N2OS2. The van der Waals surface area contributed by atoms with E-state index in [1.165, 1.54) is 10.8 Å². The lowest BCUT2D eigenvalue weighted by Crippen LogP contribution is -2.21. The molecule has 0 aromatic carbocycles. The molecule has 1 aromatic rings. The Hall–Kier alpha value is -0.520. The zero-order chi connectivity index (χ0) is 9.97. The highest BCUT2D eigenvalue weighted by Gasteiger charge is 2.25. The number of pyridine rings is 1. The number of carbonyl (C=O) groups excluding carboxylic acids is 1. The van der Waals surface area contributed by atoms with Crippen LogP contribution < -0.4 is 5.14 Å². The first-order valence-corrected chi connectivity index (χ1v) is 8.49. The first-order chi connectivity index (χ1) is 5.91. The second-order valence-electron chi connectivity index (χ2n) is 3.57. The van der Waals surface area contributed by atoms with E-state index < -0.39 is 8.38 Å². The van der Waals surface area contributed by atoms with Crippen molar-refractivity contribution in [3.63, 3.8) is 0 Å². The Morgan fingerprint density at radius 1 is 1.54 bits per heavy atom. The van der Waals surface area contributed by atoms with Crippen molar-refractivity contribution in [1.82, 2.24) is 4.98 Å². The molecule has 0 aliphatic heterocycles. The molecule has 0 spiro atoms. The SMILES string of the molecule is C[SH](C)(N)(C=O)Sc1ccccn1. The number of aromatic nitrogens is 1. The van der Waals surface area contributed by atoms with Gasteiger partial charge in [0.05, 0.1) is 0 Å². The van der Waals surface area contributed by atoms with Crippen molar-refractivity contribution >= 4 is 24.8 Å². The fraction of sp³-hybridized carbons (Fsp3) is 0.250. The molecule has 1 rings (SSSR count). The molecule has 0 atom stereocenters. The van der Waals surface area contributed by atoms with E-state index in [-0.39, 0.29) is 0 Å². The van der Waals surface area contributed by atoms with Crippen molar-refractivity contribution in [2.75, 3.05) is 12.5 Å². The van der Waals surface area contributed by atoms with Crippen LogP contribution in [0.15, 0.2) is 29.4 Å². The third-order valence-corrected chi connectivity index (χ3v) is 5.52. The van der Waals surface area contributed by atoms with Gasteiger partial charge in [-0.1, -0.05) is 16.9 Å². The summed E-state index contributed by atoms with van der Waals surface area (Å²) in [5.74, 6) is 0. The van der Waals surface area contributed by atoms with Crippen molar-refractivity contribution in [3.05, 3.63) is 24.4 Å². The normalized spacial score (nSPS) is 14.5. The van der Waals surface area contributed by atoms with Gasteiger partial charge in [0.1, 0.15) is 5.03 Å². The largest absolute Gasteiger partial charge is 0.297 e. The van der Waals surface area contributed by atoms with E-state index in [9.17, 15) is 4.79 Å². The lowest BCUT2D eigenvalue weighted by Gasteiger charge is -2.43. The Kier molecular flexibility index (Phi) is 2.70. The van der Waals surface area contributed by atoms with Gasteiger partial charge in [0, 0.05) is 6.20 Å². The molecule has 13 heavy (non-hydrogen) atoms. The van der Waals surface area contributed by atoms with Gasteiger partial charge in [0.25, 0.3) is 0 Å². The minimum Gasteiger partial charge on any atom is -0.297 e. The monoisotopic (exact) mass is 218 g/mol. The van der Waals surface area contributed by atoms with Crippen LogP contribution in [0.2, 0.25) is 0 Å². The summed E-state index contributed by atoms with van der Waals surface area (Å²) in [5, 5.41) is 6.78. The molecule has 3 nitrogen and oxygen atoms in total. The predicted octanol–water partition coefficient (Wildman–Crippen LogP) is 1.48. The van der Waals surface area contributed by atoms with Crippen LogP contribution >= 0.6 is 19.2 Å². The molecule has 0 radical (unpaired) electrons. The van der Waals surface area contributed by atoms with Crippen molar-refractivity contribution in [2.24, 2.45) is 5.14 Å². The molecule has 1 heterocycles. The minimum absolute atomic E-state index is 0.805. The van der Waals surface area contributed by atoms with Crippen molar-refractivity contribution in [3.8, 4) is 0 Å². The molecule has 74 valence electrons. The van der Waals surface area contributed by atoms with Gasteiger partial charge in [-0.05, 0) is 24.6 Å². The van der Waals surface area contributed by atoms with E-state index >= 15 is 0 Å². The van der Waals surface area contributed by atoms with Crippen molar-refractivity contribution in [2.45, 2.75) is 5.03 Å². The van der Waals surface area contributed by atoms with E-state index in [4.69, 9.17) is 5.14 Å². The second-order valence-corrected chi connectivity index (χ2v) is 12.8. The van der Waals surface area contributed by atoms with Crippen LogP contribution in [0.1, 0.15) is 0 Å². The molecule has 0 aliphatic carbocycles. The first kappa shape index (κ1) is 10.6. The van der Waals surface area contributed by atoms with Crippen LogP contribution in [-0.4, -0.2) is 23.1 Å². The number of hydrogen-bond donors (Lipinski definition) is 2. The second kappa shape index (κ2) is 3.32. The molecule has 0 aliphatic rings. The molecule has 0 unspecified atom stereocenters. The molecule has 0 bridgehead atoms. The number of hydrogen-bond acceptors (Lipinski definition) is 4. The molecule has 1 aromatic heterocycles. The molecule has 2 N–H and O–H groups in total.